The van der Waals surface area contributed by atoms with Crippen molar-refractivity contribution in [3.05, 3.63) is 0 Å². The Bertz CT molecular complexity index is 88.1. The number of hydrogen-bond acceptors (Lipinski definition) is 1. The fourth-order valence-corrected chi connectivity index (χ4v) is 1.11. The third kappa shape index (κ3) is 0.556. The summed E-state index contributed by atoms with van der Waals surface area (Å²) < 4.78 is 0. The van der Waals surface area contributed by atoms with Crippen LogP contribution in [0.2, 0.25) is 0 Å². The lowest BCUT2D eigenvalue weighted by Crippen LogP contribution is -2.00. The molecule has 0 aromatic rings. The maximum Gasteiger partial charge on any atom is 0.0102 e. The molecule has 0 aromatic heterocycles. The van der Waals surface area contributed by atoms with Gasteiger partial charge in [-0.05, 0) is 24.7 Å². The first-order valence-electron chi connectivity index (χ1n) is 2.59. The average molecular weight is 120 g/mol. The Morgan fingerprint density at radius 2 is 1.86 bits per heavy atom. The largest absolute Gasteiger partial charge is 0.327 e. The van der Waals surface area contributed by atoms with Crippen LogP contribution >= 0.6 is 12.4 Å². The SMILES string of the molecule is Cl.N[C@@H]1CC12CC2. The fourth-order valence-electron chi connectivity index (χ4n) is 1.11. The van der Waals surface area contributed by atoms with Crippen molar-refractivity contribution in [1.29, 1.82) is 0 Å². The Morgan fingerprint density at radius 1 is 1.43 bits per heavy atom. The van der Waals surface area contributed by atoms with E-state index in [0.717, 1.165) is 5.41 Å². The van der Waals surface area contributed by atoms with Crippen molar-refractivity contribution in [2.75, 3.05) is 0 Å². The summed E-state index contributed by atoms with van der Waals surface area (Å²) in [5.74, 6) is 0. The molecule has 2 aliphatic rings. The lowest BCUT2D eigenvalue weighted by Gasteiger charge is -1.73. The number of hydrogen-bond donors (Lipinski definition) is 1. The molecule has 2 saturated carbocycles. The van der Waals surface area contributed by atoms with E-state index in [1.807, 2.05) is 0 Å². The number of halogens is 1. The molecule has 0 heterocycles. The second-order valence-electron chi connectivity index (χ2n) is 2.67. The van der Waals surface area contributed by atoms with E-state index in [1.165, 1.54) is 19.3 Å². The van der Waals surface area contributed by atoms with E-state index >= 15 is 0 Å². The van der Waals surface area contributed by atoms with Gasteiger partial charge in [0.1, 0.15) is 0 Å². The van der Waals surface area contributed by atoms with Crippen molar-refractivity contribution in [2.24, 2.45) is 11.1 Å². The summed E-state index contributed by atoms with van der Waals surface area (Å²) in [5, 5.41) is 0. The van der Waals surface area contributed by atoms with E-state index in [9.17, 15) is 0 Å². The van der Waals surface area contributed by atoms with Crippen molar-refractivity contribution >= 4 is 12.4 Å². The first-order chi connectivity index (χ1) is 2.83. The van der Waals surface area contributed by atoms with E-state index in [-0.39, 0.29) is 12.4 Å². The normalized spacial score (nSPS) is 39.9. The molecule has 2 N–H and O–H groups in total. The molecule has 2 aliphatic carbocycles. The van der Waals surface area contributed by atoms with Crippen LogP contribution in [-0.2, 0) is 0 Å². The van der Waals surface area contributed by atoms with Crippen LogP contribution in [-0.4, -0.2) is 6.04 Å². The zero-order valence-corrected chi connectivity index (χ0v) is 5.00. The van der Waals surface area contributed by atoms with Crippen molar-refractivity contribution in [3.63, 3.8) is 0 Å². The van der Waals surface area contributed by atoms with Gasteiger partial charge in [0.15, 0.2) is 0 Å². The molecule has 0 unspecified atom stereocenters. The third-order valence-corrected chi connectivity index (χ3v) is 2.15. The first-order valence-corrected chi connectivity index (χ1v) is 2.59. The molecule has 0 amide bonds. The van der Waals surface area contributed by atoms with Crippen molar-refractivity contribution in [2.45, 2.75) is 25.3 Å². The van der Waals surface area contributed by atoms with E-state index in [4.69, 9.17) is 5.73 Å². The Labute approximate surface area is 49.7 Å². The molecule has 1 nitrogen and oxygen atoms in total. The van der Waals surface area contributed by atoms with E-state index in [2.05, 4.69) is 0 Å². The highest BCUT2D eigenvalue weighted by molar-refractivity contribution is 5.85. The second kappa shape index (κ2) is 1.15. The summed E-state index contributed by atoms with van der Waals surface area (Å²) >= 11 is 0. The standard InChI is InChI=1S/C5H9N.ClH/c6-4-3-5(4)1-2-5;/h4H,1-3,6H2;1H/t4-;/m1./s1. The van der Waals surface area contributed by atoms with Gasteiger partial charge >= 0.3 is 0 Å². The summed E-state index contributed by atoms with van der Waals surface area (Å²) in [6.07, 6.45) is 4.18. The minimum atomic E-state index is 0. The van der Waals surface area contributed by atoms with Crippen LogP contribution in [0.25, 0.3) is 0 Å². The molecular formula is C5H10ClN. The highest BCUT2D eigenvalue weighted by Gasteiger charge is 2.60. The summed E-state index contributed by atoms with van der Waals surface area (Å²) in [7, 11) is 0. The van der Waals surface area contributed by atoms with Gasteiger partial charge in [-0.15, -0.1) is 12.4 Å². The minimum absolute atomic E-state index is 0. The molecule has 7 heavy (non-hydrogen) atoms. The van der Waals surface area contributed by atoms with Crippen molar-refractivity contribution in [3.8, 4) is 0 Å². The number of nitrogens with two attached hydrogens (primary N) is 1. The Kier molecular flexibility index (Phi) is 0.884. The van der Waals surface area contributed by atoms with Crippen LogP contribution in [0, 0.1) is 5.41 Å². The molecular weight excluding hydrogens is 110 g/mol. The van der Waals surface area contributed by atoms with Gasteiger partial charge in [-0.1, -0.05) is 0 Å². The maximum atomic E-state index is 5.56. The molecule has 0 saturated heterocycles. The van der Waals surface area contributed by atoms with Gasteiger partial charge in [0, 0.05) is 6.04 Å². The third-order valence-electron chi connectivity index (χ3n) is 2.15. The van der Waals surface area contributed by atoms with E-state index in [1.54, 1.807) is 0 Å². The summed E-state index contributed by atoms with van der Waals surface area (Å²) in [4.78, 5) is 0. The van der Waals surface area contributed by atoms with Crippen LogP contribution in [0.15, 0.2) is 0 Å². The molecule has 2 heteroatoms. The lowest BCUT2D eigenvalue weighted by atomic mass is 10.4. The zero-order valence-electron chi connectivity index (χ0n) is 4.18. The van der Waals surface area contributed by atoms with Crippen LogP contribution in [0.5, 0.6) is 0 Å². The molecule has 0 bridgehead atoms. The quantitative estimate of drug-likeness (QED) is 0.504. The van der Waals surface area contributed by atoms with Gasteiger partial charge in [0.2, 0.25) is 0 Å². The maximum absolute atomic E-state index is 5.56. The smallest absolute Gasteiger partial charge is 0.0102 e. The second-order valence-corrected chi connectivity index (χ2v) is 2.67. The number of rotatable bonds is 0. The molecule has 2 rings (SSSR count). The first kappa shape index (κ1) is 5.39. The fraction of sp³-hybridized carbons (Fsp3) is 1.00. The summed E-state index contributed by atoms with van der Waals surface area (Å²) in [5.41, 5.74) is 6.30. The highest BCUT2D eigenvalue weighted by atomic mass is 35.5. The summed E-state index contributed by atoms with van der Waals surface area (Å²) in [6.45, 7) is 0. The van der Waals surface area contributed by atoms with Crippen LogP contribution < -0.4 is 5.73 Å². The monoisotopic (exact) mass is 119 g/mol. The predicted octanol–water partition coefficient (Wildman–Crippen LogP) is 0.919. The highest BCUT2D eigenvalue weighted by Crippen LogP contribution is 2.64. The van der Waals surface area contributed by atoms with Gasteiger partial charge in [0.25, 0.3) is 0 Å². The minimum Gasteiger partial charge on any atom is -0.327 e. The van der Waals surface area contributed by atoms with Crippen molar-refractivity contribution in [1.82, 2.24) is 0 Å². The Balaban J connectivity index is 0.000000245. The zero-order chi connectivity index (χ0) is 4.20. The molecule has 0 aromatic carbocycles. The van der Waals surface area contributed by atoms with Crippen molar-refractivity contribution < 1.29 is 0 Å². The topological polar surface area (TPSA) is 26.0 Å². The molecule has 0 aliphatic heterocycles. The lowest BCUT2D eigenvalue weighted by molar-refractivity contribution is 0.825. The Hall–Kier alpha value is 0.250. The van der Waals surface area contributed by atoms with Gasteiger partial charge in [-0.2, -0.15) is 0 Å². The predicted molar refractivity (Wildman–Crippen MR) is 31.5 cm³/mol. The average Bonchev–Trinajstić information content (AvgIpc) is 2.25. The molecule has 2 fully saturated rings. The van der Waals surface area contributed by atoms with E-state index < -0.39 is 0 Å². The van der Waals surface area contributed by atoms with Gasteiger partial charge in [-0.25, -0.2) is 0 Å². The van der Waals surface area contributed by atoms with Crippen LogP contribution in [0.3, 0.4) is 0 Å². The van der Waals surface area contributed by atoms with E-state index in [0.29, 0.717) is 6.04 Å². The molecule has 42 valence electrons. The van der Waals surface area contributed by atoms with Gasteiger partial charge in [0.05, 0.1) is 0 Å². The molecule has 1 atom stereocenters. The van der Waals surface area contributed by atoms with Gasteiger partial charge < -0.3 is 5.73 Å². The summed E-state index contributed by atoms with van der Waals surface area (Å²) in [6, 6.07) is 0.609. The molecule has 1 spiro atoms. The van der Waals surface area contributed by atoms with Crippen LogP contribution in [0.1, 0.15) is 19.3 Å². The molecule has 0 radical (unpaired) electrons. The van der Waals surface area contributed by atoms with Gasteiger partial charge in [-0.3, -0.25) is 0 Å². The Morgan fingerprint density at radius 3 is 1.86 bits per heavy atom. The van der Waals surface area contributed by atoms with Crippen LogP contribution in [0.4, 0.5) is 0 Å².